The van der Waals surface area contributed by atoms with E-state index in [1.165, 1.54) is 4.68 Å². The Labute approximate surface area is 126 Å². The highest BCUT2D eigenvalue weighted by Crippen LogP contribution is 2.21. The van der Waals surface area contributed by atoms with Gasteiger partial charge in [0, 0.05) is 23.8 Å². The number of carbonyl (C=O) groups is 1. The minimum atomic E-state index is -0.532. The maximum Gasteiger partial charge on any atom is 0.357 e. The molecule has 0 aliphatic rings. The van der Waals surface area contributed by atoms with E-state index >= 15 is 0 Å². The van der Waals surface area contributed by atoms with E-state index in [0.717, 1.165) is 4.47 Å². The highest BCUT2D eigenvalue weighted by atomic mass is 79.9. The lowest BCUT2D eigenvalue weighted by atomic mass is 10.2. The molecule has 0 saturated heterocycles. The Kier molecular flexibility index (Phi) is 3.94. The third-order valence-corrected chi connectivity index (χ3v) is 2.97. The number of esters is 1. The van der Waals surface area contributed by atoms with Crippen molar-refractivity contribution in [2.45, 2.75) is 26.4 Å². The van der Waals surface area contributed by atoms with Crippen molar-refractivity contribution in [1.82, 2.24) is 14.8 Å². The summed E-state index contributed by atoms with van der Waals surface area (Å²) in [4.78, 5) is 16.3. The largest absolute Gasteiger partial charge is 0.455 e. The predicted molar refractivity (Wildman–Crippen MR) is 79.3 cm³/mol. The van der Waals surface area contributed by atoms with Crippen LogP contribution in [0.1, 0.15) is 31.3 Å². The van der Waals surface area contributed by atoms with Crippen LogP contribution in [0.15, 0.2) is 28.9 Å². The van der Waals surface area contributed by atoms with Crippen molar-refractivity contribution in [2.75, 3.05) is 0 Å². The second-order valence-corrected chi connectivity index (χ2v) is 6.32. The summed E-state index contributed by atoms with van der Waals surface area (Å²) in [5.41, 5.74) is 1.20. The van der Waals surface area contributed by atoms with Crippen molar-refractivity contribution in [3.8, 4) is 11.4 Å². The van der Waals surface area contributed by atoms with E-state index in [0.29, 0.717) is 17.1 Å². The van der Waals surface area contributed by atoms with E-state index in [2.05, 4.69) is 26.0 Å². The number of pyridine rings is 1. The van der Waals surface area contributed by atoms with Gasteiger partial charge < -0.3 is 4.74 Å². The first-order valence-corrected chi connectivity index (χ1v) is 6.95. The van der Waals surface area contributed by atoms with Gasteiger partial charge in [0.05, 0.1) is 5.69 Å². The Morgan fingerprint density at radius 1 is 1.30 bits per heavy atom. The van der Waals surface area contributed by atoms with Gasteiger partial charge in [-0.3, -0.25) is 9.67 Å². The number of ether oxygens (including phenoxy) is 1. The molecule has 2 aromatic heterocycles. The molecule has 0 aromatic carbocycles. The first kappa shape index (κ1) is 14.7. The number of hydrogen-bond acceptors (Lipinski definition) is 4. The molecule has 0 radical (unpaired) electrons. The van der Waals surface area contributed by atoms with Crippen LogP contribution in [0.4, 0.5) is 0 Å². The third-order valence-electron chi connectivity index (χ3n) is 2.47. The van der Waals surface area contributed by atoms with E-state index in [9.17, 15) is 4.79 Å². The SMILES string of the molecule is Cn1nc(-c2cc(Br)ccn2)cc1C(=O)OC(C)(C)C. The molecule has 0 bridgehead atoms. The highest BCUT2D eigenvalue weighted by Gasteiger charge is 2.22. The Morgan fingerprint density at radius 2 is 2.00 bits per heavy atom. The average molecular weight is 338 g/mol. The van der Waals surface area contributed by atoms with Crippen molar-refractivity contribution in [1.29, 1.82) is 0 Å². The average Bonchev–Trinajstić information content (AvgIpc) is 2.69. The number of halogens is 1. The van der Waals surface area contributed by atoms with Crippen LogP contribution in [0.25, 0.3) is 11.4 Å². The molecule has 0 fully saturated rings. The van der Waals surface area contributed by atoms with E-state index in [1.807, 2.05) is 32.9 Å². The molecule has 2 aromatic rings. The molecule has 0 saturated carbocycles. The zero-order valence-corrected chi connectivity index (χ0v) is 13.4. The molecule has 0 N–H and O–H groups in total. The summed E-state index contributed by atoms with van der Waals surface area (Å²) in [6, 6.07) is 5.37. The summed E-state index contributed by atoms with van der Waals surface area (Å²) in [6.45, 7) is 5.49. The van der Waals surface area contributed by atoms with Crippen LogP contribution in [0.5, 0.6) is 0 Å². The molecular weight excluding hydrogens is 322 g/mol. The van der Waals surface area contributed by atoms with Crippen LogP contribution < -0.4 is 0 Å². The van der Waals surface area contributed by atoms with Crippen LogP contribution in [0.2, 0.25) is 0 Å². The fraction of sp³-hybridized carbons (Fsp3) is 0.357. The normalized spacial score (nSPS) is 11.4. The predicted octanol–water partition coefficient (Wildman–Crippen LogP) is 3.20. The molecule has 2 heterocycles. The lowest BCUT2D eigenvalue weighted by Gasteiger charge is -2.19. The standard InChI is InChI=1S/C14H16BrN3O2/c1-14(2,3)20-13(19)12-8-11(17-18(12)4)10-7-9(15)5-6-16-10/h5-8H,1-4H3. The number of nitrogens with zero attached hydrogens (tertiary/aromatic N) is 3. The fourth-order valence-corrected chi connectivity index (χ4v) is 1.99. The summed E-state index contributed by atoms with van der Waals surface area (Å²) >= 11 is 3.39. The molecule has 5 nitrogen and oxygen atoms in total. The zero-order chi connectivity index (χ0) is 14.9. The van der Waals surface area contributed by atoms with Gasteiger partial charge in [0.1, 0.15) is 17.0 Å². The minimum Gasteiger partial charge on any atom is -0.455 e. The Balaban J connectivity index is 2.33. The fourth-order valence-electron chi connectivity index (χ4n) is 1.66. The van der Waals surface area contributed by atoms with E-state index < -0.39 is 11.6 Å². The Hall–Kier alpha value is -1.69. The van der Waals surface area contributed by atoms with Crippen molar-refractivity contribution in [3.63, 3.8) is 0 Å². The molecule has 0 spiro atoms. The van der Waals surface area contributed by atoms with Crippen LogP contribution in [0.3, 0.4) is 0 Å². The molecular formula is C14H16BrN3O2. The van der Waals surface area contributed by atoms with E-state index in [1.54, 1.807) is 19.3 Å². The van der Waals surface area contributed by atoms with Gasteiger partial charge >= 0.3 is 5.97 Å². The van der Waals surface area contributed by atoms with Crippen LogP contribution in [0, 0.1) is 0 Å². The molecule has 0 aliphatic carbocycles. The second kappa shape index (κ2) is 5.36. The molecule has 0 amide bonds. The molecule has 20 heavy (non-hydrogen) atoms. The maximum absolute atomic E-state index is 12.1. The third kappa shape index (κ3) is 3.45. The number of rotatable bonds is 2. The summed E-state index contributed by atoms with van der Waals surface area (Å²) in [7, 11) is 1.71. The van der Waals surface area contributed by atoms with Crippen LogP contribution in [-0.4, -0.2) is 26.3 Å². The molecule has 2 rings (SSSR count). The second-order valence-electron chi connectivity index (χ2n) is 5.40. The highest BCUT2D eigenvalue weighted by molar-refractivity contribution is 9.10. The number of carbonyl (C=O) groups excluding carboxylic acids is 1. The first-order chi connectivity index (χ1) is 9.26. The van der Waals surface area contributed by atoms with E-state index in [-0.39, 0.29) is 0 Å². The van der Waals surface area contributed by atoms with E-state index in [4.69, 9.17) is 4.74 Å². The van der Waals surface area contributed by atoms with Crippen molar-refractivity contribution in [3.05, 3.63) is 34.6 Å². The summed E-state index contributed by atoms with van der Waals surface area (Å²) in [5, 5.41) is 4.31. The van der Waals surface area contributed by atoms with Crippen molar-refractivity contribution in [2.24, 2.45) is 7.05 Å². The number of aromatic nitrogens is 3. The zero-order valence-electron chi connectivity index (χ0n) is 11.8. The lowest BCUT2D eigenvalue weighted by molar-refractivity contribution is 0.00576. The van der Waals surface area contributed by atoms with Crippen molar-refractivity contribution < 1.29 is 9.53 Å². The quantitative estimate of drug-likeness (QED) is 0.789. The smallest absolute Gasteiger partial charge is 0.357 e. The van der Waals surface area contributed by atoms with Gasteiger partial charge in [-0.2, -0.15) is 5.10 Å². The summed E-state index contributed by atoms with van der Waals surface area (Å²) in [6.07, 6.45) is 1.68. The Morgan fingerprint density at radius 3 is 2.60 bits per heavy atom. The monoisotopic (exact) mass is 337 g/mol. The maximum atomic E-state index is 12.1. The first-order valence-electron chi connectivity index (χ1n) is 6.15. The summed E-state index contributed by atoms with van der Waals surface area (Å²) < 4.78 is 7.76. The van der Waals surface area contributed by atoms with Gasteiger partial charge in [0.25, 0.3) is 0 Å². The molecule has 0 unspecified atom stereocenters. The molecule has 6 heteroatoms. The van der Waals surface area contributed by atoms with Crippen LogP contribution in [-0.2, 0) is 11.8 Å². The topological polar surface area (TPSA) is 57.0 Å². The van der Waals surface area contributed by atoms with Gasteiger partial charge in [0.15, 0.2) is 0 Å². The van der Waals surface area contributed by atoms with Crippen LogP contribution >= 0.6 is 15.9 Å². The summed E-state index contributed by atoms with van der Waals surface area (Å²) in [5.74, 6) is -0.395. The minimum absolute atomic E-state index is 0.395. The Bertz CT molecular complexity index is 644. The van der Waals surface area contributed by atoms with Gasteiger partial charge in [-0.1, -0.05) is 15.9 Å². The van der Waals surface area contributed by atoms with Gasteiger partial charge in [-0.05, 0) is 32.9 Å². The molecule has 0 aliphatic heterocycles. The number of hydrogen-bond donors (Lipinski definition) is 0. The lowest BCUT2D eigenvalue weighted by Crippen LogP contribution is -2.25. The van der Waals surface area contributed by atoms with Gasteiger partial charge in [-0.15, -0.1) is 0 Å². The molecule has 106 valence electrons. The molecule has 0 atom stereocenters. The van der Waals surface area contributed by atoms with Crippen molar-refractivity contribution >= 4 is 21.9 Å². The number of aryl methyl sites for hydroxylation is 1. The van der Waals surface area contributed by atoms with Gasteiger partial charge in [0.2, 0.25) is 0 Å². The van der Waals surface area contributed by atoms with Gasteiger partial charge in [-0.25, -0.2) is 4.79 Å².